The average Bonchev–Trinajstić information content (AvgIpc) is 2.83. The molecule has 0 atom stereocenters. The van der Waals surface area contributed by atoms with Gasteiger partial charge in [-0.1, -0.05) is 12.1 Å². The molecule has 0 aliphatic carbocycles. The van der Waals surface area contributed by atoms with Crippen LogP contribution in [0, 0.1) is 0 Å². The quantitative estimate of drug-likeness (QED) is 0.709. The number of aromatic nitrogens is 3. The second-order valence-corrected chi connectivity index (χ2v) is 5.29. The molecule has 0 spiro atoms. The largest absolute Gasteiger partial charge is 0.323 e. The molecule has 3 aromatic rings. The number of H-pyrrole nitrogens is 2. The monoisotopic (exact) mass is 273 g/mol. The van der Waals surface area contributed by atoms with Crippen molar-refractivity contribution in [1.29, 1.82) is 0 Å². The predicted molar refractivity (Wildman–Crippen MR) is 74.7 cm³/mol. The summed E-state index contributed by atoms with van der Waals surface area (Å²) in [5.41, 5.74) is 0.479. The summed E-state index contributed by atoms with van der Waals surface area (Å²) in [6.45, 7) is 0. The van der Waals surface area contributed by atoms with Crippen molar-refractivity contribution in [3.8, 4) is 0 Å². The number of para-hydroxylation sites is 1. The van der Waals surface area contributed by atoms with Crippen LogP contribution in [-0.4, -0.2) is 15.0 Å². The Balaban J connectivity index is 1.80. The Labute approximate surface area is 112 Å². The van der Waals surface area contributed by atoms with E-state index in [9.17, 15) is 9.59 Å². The van der Waals surface area contributed by atoms with Gasteiger partial charge in [0, 0.05) is 18.3 Å². The summed E-state index contributed by atoms with van der Waals surface area (Å²) in [5, 5.41) is 1.02. The highest BCUT2D eigenvalue weighted by Gasteiger charge is 2.04. The summed E-state index contributed by atoms with van der Waals surface area (Å²) >= 11 is 1.65. The molecule has 6 heteroatoms. The molecule has 0 bridgehead atoms. The van der Waals surface area contributed by atoms with Gasteiger partial charge < -0.3 is 9.97 Å². The SMILES string of the molecule is O=c1[nH]cc(CCc2nc3ccccc3s2)[nH]c1=O. The van der Waals surface area contributed by atoms with Gasteiger partial charge in [-0.05, 0) is 18.6 Å². The van der Waals surface area contributed by atoms with E-state index in [-0.39, 0.29) is 0 Å². The topological polar surface area (TPSA) is 78.6 Å². The molecule has 1 aromatic carbocycles. The first-order chi connectivity index (χ1) is 9.22. The summed E-state index contributed by atoms with van der Waals surface area (Å²) in [7, 11) is 0. The third kappa shape index (κ3) is 2.48. The number of nitrogens with one attached hydrogen (secondary N) is 2. The van der Waals surface area contributed by atoms with Crippen molar-refractivity contribution >= 4 is 21.6 Å². The zero-order valence-corrected chi connectivity index (χ0v) is 10.8. The fraction of sp³-hybridized carbons (Fsp3) is 0.154. The molecule has 96 valence electrons. The molecule has 0 aliphatic rings. The van der Waals surface area contributed by atoms with Crippen molar-refractivity contribution in [2.24, 2.45) is 0 Å². The summed E-state index contributed by atoms with van der Waals surface area (Å²) in [4.78, 5) is 31.6. The number of thiazole rings is 1. The van der Waals surface area contributed by atoms with E-state index in [4.69, 9.17) is 0 Å². The summed E-state index contributed by atoms with van der Waals surface area (Å²) in [6.07, 6.45) is 2.92. The lowest BCUT2D eigenvalue weighted by Gasteiger charge is -1.97. The number of fused-ring (bicyclic) bond motifs is 1. The van der Waals surface area contributed by atoms with Crippen molar-refractivity contribution in [3.63, 3.8) is 0 Å². The maximum Gasteiger partial charge on any atom is 0.313 e. The lowest BCUT2D eigenvalue weighted by atomic mass is 10.2. The van der Waals surface area contributed by atoms with Crippen LogP contribution >= 0.6 is 11.3 Å². The summed E-state index contributed by atoms with van der Waals surface area (Å²) in [6, 6.07) is 7.98. The minimum Gasteiger partial charge on any atom is -0.323 e. The van der Waals surface area contributed by atoms with Crippen LogP contribution in [0.5, 0.6) is 0 Å². The smallest absolute Gasteiger partial charge is 0.313 e. The molecule has 2 heterocycles. The first kappa shape index (κ1) is 11.9. The molecule has 0 radical (unpaired) electrons. The van der Waals surface area contributed by atoms with Gasteiger partial charge in [0.15, 0.2) is 0 Å². The second-order valence-electron chi connectivity index (χ2n) is 4.17. The van der Waals surface area contributed by atoms with Gasteiger partial charge in [0.05, 0.1) is 15.2 Å². The fourth-order valence-electron chi connectivity index (χ4n) is 1.86. The molecular formula is C13H11N3O2S. The number of hydrogen-bond donors (Lipinski definition) is 2. The van der Waals surface area contributed by atoms with Gasteiger partial charge in [-0.25, -0.2) is 4.98 Å². The van der Waals surface area contributed by atoms with E-state index in [2.05, 4.69) is 15.0 Å². The zero-order valence-electron chi connectivity index (χ0n) is 9.97. The lowest BCUT2D eigenvalue weighted by Crippen LogP contribution is -2.29. The number of rotatable bonds is 3. The van der Waals surface area contributed by atoms with Crippen LogP contribution in [0.1, 0.15) is 10.7 Å². The highest BCUT2D eigenvalue weighted by molar-refractivity contribution is 7.18. The van der Waals surface area contributed by atoms with Gasteiger partial charge in [-0.2, -0.15) is 0 Å². The molecule has 0 unspecified atom stereocenters. The molecule has 0 fully saturated rings. The van der Waals surface area contributed by atoms with Crippen LogP contribution in [0.4, 0.5) is 0 Å². The van der Waals surface area contributed by atoms with E-state index in [0.29, 0.717) is 12.1 Å². The third-order valence-corrected chi connectivity index (χ3v) is 3.90. The maximum absolute atomic E-state index is 11.2. The molecular weight excluding hydrogens is 262 g/mol. The predicted octanol–water partition coefficient (Wildman–Crippen LogP) is 1.46. The molecule has 19 heavy (non-hydrogen) atoms. The molecule has 0 saturated carbocycles. The van der Waals surface area contributed by atoms with Crippen LogP contribution < -0.4 is 11.1 Å². The van der Waals surface area contributed by atoms with Crippen LogP contribution in [0.15, 0.2) is 40.1 Å². The maximum atomic E-state index is 11.2. The van der Waals surface area contributed by atoms with E-state index >= 15 is 0 Å². The Bertz CT molecular complexity index is 798. The average molecular weight is 273 g/mol. The van der Waals surface area contributed by atoms with Crippen molar-refractivity contribution < 1.29 is 0 Å². The lowest BCUT2D eigenvalue weighted by molar-refractivity contribution is 0.871. The molecule has 0 aliphatic heterocycles. The van der Waals surface area contributed by atoms with Crippen LogP contribution in [0.3, 0.4) is 0 Å². The number of hydrogen-bond acceptors (Lipinski definition) is 4. The number of aromatic amines is 2. The van der Waals surface area contributed by atoms with Crippen molar-refractivity contribution in [2.45, 2.75) is 12.8 Å². The highest BCUT2D eigenvalue weighted by Crippen LogP contribution is 2.22. The molecule has 0 saturated heterocycles. The molecule has 5 nitrogen and oxygen atoms in total. The minimum atomic E-state index is -0.622. The Kier molecular flexibility index (Phi) is 3.00. The number of aryl methyl sites for hydroxylation is 2. The molecule has 2 N–H and O–H groups in total. The summed E-state index contributed by atoms with van der Waals surface area (Å²) in [5.74, 6) is 0. The normalized spacial score (nSPS) is 10.9. The van der Waals surface area contributed by atoms with E-state index in [0.717, 1.165) is 21.6 Å². The number of benzene rings is 1. The van der Waals surface area contributed by atoms with Crippen LogP contribution in [0.2, 0.25) is 0 Å². The van der Waals surface area contributed by atoms with E-state index in [1.807, 2.05) is 24.3 Å². The minimum absolute atomic E-state index is 0.609. The molecule has 3 rings (SSSR count). The fourth-order valence-corrected chi connectivity index (χ4v) is 2.83. The standard InChI is InChI=1S/C13H11N3O2S/c17-12-13(18)15-8(7-14-12)5-6-11-16-9-3-1-2-4-10(9)19-11/h1-4,7H,5-6H2,(H,14,17)(H,15,18). The van der Waals surface area contributed by atoms with Crippen molar-refractivity contribution in [2.75, 3.05) is 0 Å². The van der Waals surface area contributed by atoms with Gasteiger partial charge in [0.2, 0.25) is 0 Å². The van der Waals surface area contributed by atoms with Gasteiger partial charge in [0.1, 0.15) is 0 Å². The first-order valence-electron chi connectivity index (χ1n) is 5.88. The van der Waals surface area contributed by atoms with Gasteiger partial charge >= 0.3 is 11.1 Å². The first-order valence-corrected chi connectivity index (χ1v) is 6.69. The Morgan fingerprint density at radius 3 is 2.74 bits per heavy atom. The van der Waals surface area contributed by atoms with Crippen molar-refractivity contribution in [3.05, 3.63) is 61.9 Å². The van der Waals surface area contributed by atoms with E-state index < -0.39 is 11.1 Å². The second kappa shape index (κ2) is 4.81. The van der Waals surface area contributed by atoms with E-state index in [1.165, 1.54) is 6.20 Å². The third-order valence-electron chi connectivity index (χ3n) is 2.80. The zero-order chi connectivity index (χ0) is 13.2. The summed E-state index contributed by atoms with van der Waals surface area (Å²) < 4.78 is 1.16. The number of nitrogens with zero attached hydrogens (tertiary/aromatic N) is 1. The highest BCUT2D eigenvalue weighted by atomic mass is 32.1. The Morgan fingerprint density at radius 2 is 1.95 bits per heavy atom. The molecule has 2 aromatic heterocycles. The van der Waals surface area contributed by atoms with E-state index in [1.54, 1.807) is 11.3 Å². The Hall–Kier alpha value is -2.21. The van der Waals surface area contributed by atoms with Crippen LogP contribution in [0.25, 0.3) is 10.2 Å². The van der Waals surface area contributed by atoms with Crippen molar-refractivity contribution in [1.82, 2.24) is 15.0 Å². The Morgan fingerprint density at radius 1 is 1.11 bits per heavy atom. The van der Waals surface area contributed by atoms with Gasteiger partial charge in [-0.15, -0.1) is 11.3 Å². The van der Waals surface area contributed by atoms with Gasteiger partial charge in [-0.3, -0.25) is 9.59 Å². The molecule has 0 amide bonds. The van der Waals surface area contributed by atoms with Crippen LogP contribution in [-0.2, 0) is 12.8 Å². The van der Waals surface area contributed by atoms with Gasteiger partial charge in [0.25, 0.3) is 0 Å².